The number of carbonyl (C=O) groups excluding carboxylic acids is 1. The van der Waals surface area contributed by atoms with Gasteiger partial charge in [-0.15, -0.1) is 0 Å². The molecule has 0 unspecified atom stereocenters. The Labute approximate surface area is 152 Å². The van der Waals surface area contributed by atoms with E-state index in [2.05, 4.69) is 15.2 Å². The minimum atomic E-state index is -0.0605. The Morgan fingerprint density at radius 1 is 1.20 bits per heavy atom. The molecule has 0 radical (unpaired) electrons. The second-order valence-corrected chi connectivity index (χ2v) is 6.20. The zero-order valence-corrected chi connectivity index (χ0v) is 14.9. The highest BCUT2D eigenvalue weighted by Crippen LogP contribution is 2.25. The van der Waals surface area contributed by atoms with Crippen LogP contribution in [0.2, 0.25) is 5.02 Å². The predicted molar refractivity (Wildman–Crippen MR) is 98.3 cm³/mol. The summed E-state index contributed by atoms with van der Waals surface area (Å²) in [4.78, 5) is 20.5. The summed E-state index contributed by atoms with van der Waals surface area (Å²) < 4.78 is 5.02. The molecule has 1 aliphatic rings. The SMILES string of the molecule is COc1ccc(CNC(=O)N2CCN(c3ccccc3Cl)CC2)cn1. The van der Waals surface area contributed by atoms with Crippen LogP contribution in [-0.4, -0.2) is 49.2 Å². The highest BCUT2D eigenvalue weighted by molar-refractivity contribution is 6.33. The molecule has 0 aliphatic carbocycles. The third kappa shape index (κ3) is 4.33. The van der Waals surface area contributed by atoms with E-state index in [-0.39, 0.29) is 6.03 Å². The molecular weight excluding hydrogens is 340 g/mol. The average Bonchev–Trinajstić information content (AvgIpc) is 2.67. The first-order valence-electron chi connectivity index (χ1n) is 8.18. The molecule has 132 valence electrons. The van der Waals surface area contributed by atoms with Gasteiger partial charge >= 0.3 is 6.03 Å². The zero-order valence-electron chi connectivity index (χ0n) is 14.1. The molecule has 0 spiro atoms. The molecule has 2 amide bonds. The van der Waals surface area contributed by atoms with Crippen LogP contribution in [0, 0.1) is 0 Å². The molecule has 0 bridgehead atoms. The number of carbonyl (C=O) groups is 1. The summed E-state index contributed by atoms with van der Waals surface area (Å²) in [7, 11) is 1.58. The molecule has 2 aromatic rings. The van der Waals surface area contributed by atoms with E-state index >= 15 is 0 Å². The molecule has 1 aromatic heterocycles. The fourth-order valence-corrected chi connectivity index (χ4v) is 3.04. The fraction of sp³-hybridized carbons (Fsp3) is 0.333. The molecule has 7 heteroatoms. The molecule has 1 saturated heterocycles. The number of hydrogen-bond acceptors (Lipinski definition) is 4. The van der Waals surface area contributed by atoms with E-state index in [0.29, 0.717) is 25.5 Å². The topological polar surface area (TPSA) is 57.7 Å². The molecular formula is C18H21ClN4O2. The Hall–Kier alpha value is -2.47. The molecule has 2 heterocycles. The van der Waals surface area contributed by atoms with E-state index in [1.54, 1.807) is 19.4 Å². The number of nitrogens with zero attached hydrogens (tertiary/aromatic N) is 3. The Bertz CT molecular complexity index is 715. The molecule has 1 aromatic carbocycles. The lowest BCUT2D eigenvalue weighted by Crippen LogP contribution is -2.51. The van der Waals surface area contributed by atoms with Crippen molar-refractivity contribution < 1.29 is 9.53 Å². The van der Waals surface area contributed by atoms with Crippen molar-refractivity contribution in [2.75, 3.05) is 38.2 Å². The van der Waals surface area contributed by atoms with Crippen LogP contribution in [0.25, 0.3) is 0 Å². The number of halogens is 1. The van der Waals surface area contributed by atoms with Gasteiger partial charge in [0.25, 0.3) is 0 Å². The van der Waals surface area contributed by atoms with Crippen molar-refractivity contribution in [1.82, 2.24) is 15.2 Å². The number of urea groups is 1. The van der Waals surface area contributed by atoms with Crippen molar-refractivity contribution in [2.24, 2.45) is 0 Å². The van der Waals surface area contributed by atoms with Crippen LogP contribution in [0.1, 0.15) is 5.56 Å². The van der Waals surface area contributed by atoms with Gasteiger partial charge in [-0.1, -0.05) is 29.8 Å². The standard InChI is InChI=1S/C18H21ClN4O2/c1-25-17-7-6-14(12-20-17)13-21-18(24)23-10-8-22(9-11-23)16-5-3-2-4-15(16)19/h2-7,12H,8-11,13H2,1H3,(H,21,24). The van der Waals surface area contributed by atoms with Gasteiger partial charge in [0, 0.05) is 45.0 Å². The maximum absolute atomic E-state index is 12.3. The third-order valence-corrected chi connectivity index (χ3v) is 4.53. The number of pyridine rings is 1. The Kier molecular flexibility index (Phi) is 5.60. The molecule has 6 nitrogen and oxygen atoms in total. The van der Waals surface area contributed by atoms with Crippen LogP contribution in [0.5, 0.6) is 5.88 Å². The molecule has 1 N–H and O–H groups in total. The lowest BCUT2D eigenvalue weighted by Gasteiger charge is -2.36. The minimum Gasteiger partial charge on any atom is -0.481 e. The third-order valence-electron chi connectivity index (χ3n) is 4.21. The van der Waals surface area contributed by atoms with Crippen LogP contribution in [0.15, 0.2) is 42.6 Å². The van der Waals surface area contributed by atoms with Crippen molar-refractivity contribution in [1.29, 1.82) is 0 Å². The van der Waals surface area contributed by atoms with E-state index in [4.69, 9.17) is 16.3 Å². The van der Waals surface area contributed by atoms with Crippen LogP contribution < -0.4 is 15.0 Å². The largest absolute Gasteiger partial charge is 0.481 e. The first kappa shape index (κ1) is 17.4. The number of rotatable bonds is 4. The molecule has 0 saturated carbocycles. The summed E-state index contributed by atoms with van der Waals surface area (Å²) in [5, 5.41) is 3.68. The number of hydrogen-bond donors (Lipinski definition) is 1. The van der Waals surface area contributed by atoms with E-state index in [0.717, 1.165) is 29.4 Å². The highest BCUT2D eigenvalue weighted by Gasteiger charge is 2.22. The number of nitrogens with one attached hydrogen (secondary N) is 1. The highest BCUT2D eigenvalue weighted by atomic mass is 35.5. The van der Waals surface area contributed by atoms with Crippen molar-refractivity contribution in [2.45, 2.75) is 6.54 Å². The van der Waals surface area contributed by atoms with Crippen molar-refractivity contribution in [3.8, 4) is 5.88 Å². The summed E-state index contributed by atoms with van der Waals surface area (Å²) in [6.45, 7) is 3.30. The summed E-state index contributed by atoms with van der Waals surface area (Å²) >= 11 is 6.25. The molecule has 3 rings (SSSR count). The van der Waals surface area contributed by atoms with Gasteiger partial charge < -0.3 is 19.9 Å². The summed E-state index contributed by atoms with van der Waals surface area (Å²) in [5.41, 5.74) is 1.96. The Balaban J connectivity index is 1.49. The number of aromatic nitrogens is 1. The maximum atomic E-state index is 12.3. The number of ether oxygens (including phenoxy) is 1. The van der Waals surface area contributed by atoms with Crippen molar-refractivity contribution in [3.05, 3.63) is 53.2 Å². The second-order valence-electron chi connectivity index (χ2n) is 5.79. The average molecular weight is 361 g/mol. The Morgan fingerprint density at radius 3 is 2.60 bits per heavy atom. The fourth-order valence-electron chi connectivity index (χ4n) is 2.78. The molecule has 1 aliphatic heterocycles. The number of piperazine rings is 1. The van der Waals surface area contributed by atoms with E-state index in [1.807, 2.05) is 35.2 Å². The van der Waals surface area contributed by atoms with E-state index < -0.39 is 0 Å². The first-order chi connectivity index (χ1) is 12.2. The van der Waals surface area contributed by atoms with Gasteiger partial charge in [0.05, 0.1) is 17.8 Å². The summed E-state index contributed by atoms with van der Waals surface area (Å²) in [6, 6.07) is 11.4. The van der Waals surface area contributed by atoms with Gasteiger partial charge in [0.2, 0.25) is 5.88 Å². The van der Waals surface area contributed by atoms with Crippen molar-refractivity contribution in [3.63, 3.8) is 0 Å². The summed E-state index contributed by atoms with van der Waals surface area (Å²) in [6.07, 6.45) is 1.70. The smallest absolute Gasteiger partial charge is 0.317 e. The van der Waals surface area contributed by atoms with Gasteiger partial charge in [-0.3, -0.25) is 0 Å². The van der Waals surface area contributed by atoms with Crippen LogP contribution in [0.4, 0.5) is 10.5 Å². The normalized spacial score (nSPS) is 14.3. The van der Waals surface area contributed by atoms with Crippen LogP contribution >= 0.6 is 11.6 Å². The second kappa shape index (κ2) is 8.07. The lowest BCUT2D eigenvalue weighted by atomic mass is 10.2. The van der Waals surface area contributed by atoms with Crippen LogP contribution in [-0.2, 0) is 6.54 Å². The number of anilines is 1. The van der Waals surface area contributed by atoms with Gasteiger partial charge in [-0.2, -0.15) is 0 Å². The molecule has 0 atom stereocenters. The summed E-state index contributed by atoms with van der Waals surface area (Å²) in [5.74, 6) is 0.561. The van der Waals surface area contributed by atoms with Gasteiger partial charge in [-0.25, -0.2) is 9.78 Å². The van der Waals surface area contributed by atoms with E-state index in [1.165, 1.54) is 0 Å². The zero-order chi connectivity index (χ0) is 17.6. The maximum Gasteiger partial charge on any atom is 0.317 e. The predicted octanol–water partition coefficient (Wildman–Crippen LogP) is 2.78. The quantitative estimate of drug-likeness (QED) is 0.910. The lowest BCUT2D eigenvalue weighted by molar-refractivity contribution is 0.194. The number of benzene rings is 1. The Morgan fingerprint density at radius 2 is 1.96 bits per heavy atom. The van der Waals surface area contributed by atoms with Crippen LogP contribution in [0.3, 0.4) is 0 Å². The number of methoxy groups -OCH3 is 1. The van der Waals surface area contributed by atoms with Gasteiger partial charge in [0.15, 0.2) is 0 Å². The number of para-hydroxylation sites is 1. The van der Waals surface area contributed by atoms with Gasteiger partial charge in [-0.05, 0) is 17.7 Å². The first-order valence-corrected chi connectivity index (χ1v) is 8.56. The van der Waals surface area contributed by atoms with Crippen molar-refractivity contribution >= 4 is 23.3 Å². The molecule has 25 heavy (non-hydrogen) atoms. The van der Waals surface area contributed by atoms with E-state index in [9.17, 15) is 4.79 Å². The van der Waals surface area contributed by atoms with Gasteiger partial charge in [0.1, 0.15) is 0 Å². The monoisotopic (exact) mass is 360 g/mol. The minimum absolute atomic E-state index is 0.0605. The number of amides is 2. The molecule has 1 fully saturated rings.